The Balaban J connectivity index is 2.83. The maximum absolute atomic E-state index is 11.4. The van der Waals surface area contributed by atoms with Gasteiger partial charge < -0.3 is 0 Å². The molecule has 1 aromatic carbocycles. The second-order valence-electron chi connectivity index (χ2n) is 2.81. The van der Waals surface area contributed by atoms with Crippen LogP contribution in [0, 0.1) is 0 Å². The van der Waals surface area contributed by atoms with Gasteiger partial charge in [0.15, 0.2) is 5.78 Å². The fourth-order valence-electron chi connectivity index (χ4n) is 0.990. The summed E-state index contributed by atoms with van der Waals surface area (Å²) in [6.45, 7) is 1.41. The van der Waals surface area contributed by atoms with E-state index in [2.05, 4.69) is 15.9 Å². The molecule has 0 aliphatic carbocycles. The average molecular weight is 241 g/mol. The van der Waals surface area contributed by atoms with E-state index in [1.54, 1.807) is 18.2 Å². The normalized spacial score (nSPS) is 9.69. The van der Waals surface area contributed by atoms with E-state index in [4.69, 9.17) is 0 Å². The molecule has 0 N–H and O–H groups in total. The molecule has 0 aromatic heterocycles. The first kappa shape index (κ1) is 10.1. The Bertz CT molecular complexity index is 345. The minimum Gasteiger partial charge on any atom is -0.300 e. The molecule has 0 unspecified atom stereocenters. The molecule has 3 heteroatoms. The van der Waals surface area contributed by atoms with E-state index >= 15 is 0 Å². The van der Waals surface area contributed by atoms with E-state index < -0.39 is 0 Å². The van der Waals surface area contributed by atoms with Crippen molar-refractivity contribution in [1.29, 1.82) is 0 Å². The number of Topliss-reactive ketones (excluding diaryl/α,β-unsaturated/α-hetero) is 2. The molecule has 0 atom stereocenters. The highest BCUT2D eigenvalue weighted by Crippen LogP contribution is 2.13. The Morgan fingerprint density at radius 1 is 1.38 bits per heavy atom. The van der Waals surface area contributed by atoms with Crippen LogP contribution in [0.4, 0.5) is 0 Å². The van der Waals surface area contributed by atoms with Crippen molar-refractivity contribution in [1.82, 2.24) is 0 Å². The molecule has 1 rings (SSSR count). The summed E-state index contributed by atoms with van der Waals surface area (Å²) in [6.07, 6.45) is -0.0174. The van der Waals surface area contributed by atoms with Gasteiger partial charge in [-0.05, 0) is 19.1 Å². The fourth-order valence-corrected chi connectivity index (χ4v) is 1.39. The highest BCUT2D eigenvalue weighted by molar-refractivity contribution is 9.10. The monoisotopic (exact) mass is 240 g/mol. The molecule has 0 radical (unpaired) electrons. The lowest BCUT2D eigenvalue weighted by Gasteiger charge is -1.98. The van der Waals surface area contributed by atoms with Gasteiger partial charge in [0.05, 0.1) is 6.42 Å². The molecule has 13 heavy (non-hydrogen) atoms. The van der Waals surface area contributed by atoms with Crippen LogP contribution in [-0.4, -0.2) is 11.6 Å². The van der Waals surface area contributed by atoms with Crippen LogP contribution in [-0.2, 0) is 4.79 Å². The van der Waals surface area contributed by atoms with Crippen molar-refractivity contribution in [2.45, 2.75) is 13.3 Å². The molecule has 0 heterocycles. The Kier molecular flexibility index (Phi) is 3.37. The van der Waals surface area contributed by atoms with E-state index in [1.807, 2.05) is 6.07 Å². The molecular weight excluding hydrogens is 232 g/mol. The molecule has 0 saturated heterocycles. The maximum atomic E-state index is 11.4. The largest absolute Gasteiger partial charge is 0.300 e. The fraction of sp³-hybridized carbons (Fsp3) is 0.200. The summed E-state index contributed by atoms with van der Waals surface area (Å²) in [7, 11) is 0. The lowest BCUT2D eigenvalue weighted by atomic mass is 10.1. The van der Waals surface area contributed by atoms with Crippen LogP contribution in [0.5, 0.6) is 0 Å². The third-order valence-electron chi connectivity index (χ3n) is 1.56. The third kappa shape index (κ3) is 3.11. The van der Waals surface area contributed by atoms with E-state index in [1.165, 1.54) is 6.92 Å². The van der Waals surface area contributed by atoms with Gasteiger partial charge in [-0.2, -0.15) is 0 Å². The van der Waals surface area contributed by atoms with Gasteiger partial charge in [-0.1, -0.05) is 28.1 Å². The summed E-state index contributed by atoms with van der Waals surface area (Å²) in [5.74, 6) is -0.237. The standard InChI is InChI=1S/C10H9BrO2/c1-7(12)5-10(13)8-3-2-4-9(11)6-8/h2-4,6H,5H2,1H3. The summed E-state index contributed by atoms with van der Waals surface area (Å²) >= 11 is 3.26. The molecule has 0 spiro atoms. The van der Waals surface area contributed by atoms with Crippen molar-refractivity contribution in [3.8, 4) is 0 Å². The molecule has 0 saturated carbocycles. The van der Waals surface area contributed by atoms with Crippen molar-refractivity contribution in [3.63, 3.8) is 0 Å². The van der Waals surface area contributed by atoms with Crippen LogP contribution < -0.4 is 0 Å². The number of halogens is 1. The molecule has 0 amide bonds. The van der Waals surface area contributed by atoms with Gasteiger partial charge in [0.25, 0.3) is 0 Å². The van der Waals surface area contributed by atoms with Crippen LogP contribution in [0.15, 0.2) is 28.7 Å². The van der Waals surface area contributed by atoms with Crippen LogP contribution in [0.3, 0.4) is 0 Å². The van der Waals surface area contributed by atoms with Crippen LogP contribution in [0.25, 0.3) is 0 Å². The highest BCUT2D eigenvalue weighted by Gasteiger charge is 2.07. The highest BCUT2D eigenvalue weighted by atomic mass is 79.9. The lowest BCUT2D eigenvalue weighted by molar-refractivity contribution is -0.116. The van der Waals surface area contributed by atoms with Crippen molar-refractivity contribution in [2.24, 2.45) is 0 Å². The van der Waals surface area contributed by atoms with Gasteiger partial charge in [-0.25, -0.2) is 0 Å². The number of carbonyl (C=O) groups is 2. The Morgan fingerprint density at radius 3 is 2.62 bits per heavy atom. The minimum atomic E-state index is -0.131. The van der Waals surface area contributed by atoms with Crippen molar-refractivity contribution in [3.05, 3.63) is 34.3 Å². The van der Waals surface area contributed by atoms with Crippen molar-refractivity contribution >= 4 is 27.5 Å². The number of rotatable bonds is 3. The first-order chi connectivity index (χ1) is 6.09. The third-order valence-corrected chi connectivity index (χ3v) is 2.05. The zero-order valence-corrected chi connectivity index (χ0v) is 8.80. The molecule has 0 aliphatic rings. The smallest absolute Gasteiger partial charge is 0.170 e. The average Bonchev–Trinajstić information content (AvgIpc) is 2.03. The number of hydrogen-bond donors (Lipinski definition) is 0. The topological polar surface area (TPSA) is 34.1 Å². The van der Waals surface area contributed by atoms with Gasteiger partial charge >= 0.3 is 0 Å². The van der Waals surface area contributed by atoms with E-state index in [-0.39, 0.29) is 18.0 Å². The Labute approximate surface area is 85.1 Å². The lowest BCUT2D eigenvalue weighted by Crippen LogP contribution is -2.04. The van der Waals surface area contributed by atoms with Gasteiger partial charge in [-0.3, -0.25) is 9.59 Å². The molecule has 1 aromatic rings. The van der Waals surface area contributed by atoms with Gasteiger partial charge in [0.1, 0.15) is 5.78 Å². The first-order valence-electron chi connectivity index (χ1n) is 3.88. The summed E-state index contributed by atoms with van der Waals surface area (Å²) in [6, 6.07) is 7.03. The van der Waals surface area contributed by atoms with Gasteiger partial charge in [0, 0.05) is 10.0 Å². The molecule has 0 fully saturated rings. The van der Waals surface area contributed by atoms with Crippen molar-refractivity contribution < 1.29 is 9.59 Å². The SMILES string of the molecule is CC(=O)CC(=O)c1cccc(Br)c1. The molecule has 2 nitrogen and oxygen atoms in total. The molecular formula is C10H9BrO2. The summed E-state index contributed by atoms with van der Waals surface area (Å²) < 4.78 is 0.849. The second-order valence-corrected chi connectivity index (χ2v) is 3.73. The molecule has 68 valence electrons. The van der Waals surface area contributed by atoms with E-state index in [0.29, 0.717) is 5.56 Å². The molecule has 0 bridgehead atoms. The van der Waals surface area contributed by atoms with E-state index in [9.17, 15) is 9.59 Å². The number of benzene rings is 1. The van der Waals surface area contributed by atoms with Crippen LogP contribution in [0.1, 0.15) is 23.7 Å². The van der Waals surface area contributed by atoms with Crippen LogP contribution >= 0.6 is 15.9 Å². The van der Waals surface area contributed by atoms with Gasteiger partial charge in [-0.15, -0.1) is 0 Å². The minimum absolute atomic E-state index is 0.0174. The Morgan fingerprint density at radius 2 is 2.08 bits per heavy atom. The zero-order chi connectivity index (χ0) is 9.84. The predicted molar refractivity (Wildman–Crippen MR) is 53.8 cm³/mol. The number of hydrogen-bond acceptors (Lipinski definition) is 2. The van der Waals surface area contributed by atoms with Crippen LogP contribution in [0.2, 0.25) is 0 Å². The zero-order valence-electron chi connectivity index (χ0n) is 7.21. The summed E-state index contributed by atoms with van der Waals surface area (Å²) in [4.78, 5) is 22.0. The predicted octanol–water partition coefficient (Wildman–Crippen LogP) is 2.61. The van der Waals surface area contributed by atoms with Crippen molar-refractivity contribution in [2.75, 3.05) is 0 Å². The number of ketones is 2. The maximum Gasteiger partial charge on any atom is 0.170 e. The Hall–Kier alpha value is -0.960. The summed E-state index contributed by atoms with van der Waals surface area (Å²) in [5.41, 5.74) is 0.574. The summed E-state index contributed by atoms with van der Waals surface area (Å²) in [5, 5.41) is 0. The molecule has 0 aliphatic heterocycles. The van der Waals surface area contributed by atoms with Gasteiger partial charge in [0.2, 0.25) is 0 Å². The first-order valence-corrected chi connectivity index (χ1v) is 4.67. The quantitative estimate of drug-likeness (QED) is 0.602. The second kappa shape index (κ2) is 4.33. The van der Waals surface area contributed by atoms with E-state index in [0.717, 1.165) is 4.47 Å². The number of carbonyl (C=O) groups excluding carboxylic acids is 2.